The summed E-state index contributed by atoms with van der Waals surface area (Å²) in [6.45, 7) is 4.47. The molecular weight excluding hydrogens is 236 g/mol. The summed E-state index contributed by atoms with van der Waals surface area (Å²) in [7, 11) is 0. The van der Waals surface area contributed by atoms with Crippen molar-refractivity contribution in [2.45, 2.75) is 52.0 Å². The average Bonchev–Trinajstić information content (AvgIpc) is 2.42. The van der Waals surface area contributed by atoms with Crippen LogP contribution in [0.2, 0.25) is 0 Å². The molecule has 1 amide bonds. The number of carbonyl (C=O) groups is 1. The first kappa shape index (κ1) is 14.1. The van der Waals surface area contributed by atoms with E-state index >= 15 is 0 Å². The third-order valence-corrected chi connectivity index (χ3v) is 3.82. The average molecular weight is 260 g/mol. The molecule has 0 atom stereocenters. The smallest absolute Gasteiger partial charge is 0.238 e. The molecule has 0 radical (unpaired) electrons. The Labute approximate surface area is 115 Å². The standard InChI is InChI=1S/C16H24N2O/c1-12-8-9-13(2)15(10-12)18-16(19)11-17-14-6-4-3-5-7-14/h8-10,14,17H,3-7,11H2,1-2H3,(H,18,19). The molecule has 0 saturated heterocycles. The minimum absolute atomic E-state index is 0.0549. The van der Waals surface area contributed by atoms with Crippen LogP contribution in [0.5, 0.6) is 0 Å². The van der Waals surface area contributed by atoms with Crippen molar-refractivity contribution in [1.29, 1.82) is 0 Å². The zero-order valence-corrected chi connectivity index (χ0v) is 12.0. The maximum Gasteiger partial charge on any atom is 0.238 e. The van der Waals surface area contributed by atoms with Crippen molar-refractivity contribution in [1.82, 2.24) is 5.32 Å². The predicted molar refractivity (Wildman–Crippen MR) is 79.4 cm³/mol. The Bertz CT molecular complexity index is 436. The Morgan fingerprint density at radius 2 is 1.95 bits per heavy atom. The van der Waals surface area contributed by atoms with E-state index in [0.29, 0.717) is 12.6 Å². The maximum atomic E-state index is 11.9. The Hall–Kier alpha value is -1.35. The number of rotatable bonds is 4. The van der Waals surface area contributed by atoms with Gasteiger partial charge in [0.2, 0.25) is 5.91 Å². The fourth-order valence-electron chi connectivity index (χ4n) is 2.61. The predicted octanol–water partition coefficient (Wildman–Crippen LogP) is 3.16. The second-order valence-electron chi connectivity index (χ2n) is 5.58. The first-order valence-corrected chi connectivity index (χ1v) is 7.25. The molecule has 0 bridgehead atoms. The number of hydrogen-bond acceptors (Lipinski definition) is 2. The molecule has 1 fully saturated rings. The number of amides is 1. The van der Waals surface area contributed by atoms with Gasteiger partial charge in [0.15, 0.2) is 0 Å². The first-order valence-electron chi connectivity index (χ1n) is 7.25. The normalized spacial score (nSPS) is 16.3. The van der Waals surface area contributed by atoms with E-state index in [9.17, 15) is 4.79 Å². The van der Waals surface area contributed by atoms with Gasteiger partial charge in [0.1, 0.15) is 0 Å². The molecule has 1 aromatic rings. The van der Waals surface area contributed by atoms with Crippen LogP contribution in [0.3, 0.4) is 0 Å². The minimum Gasteiger partial charge on any atom is -0.325 e. The van der Waals surface area contributed by atoms with Gasteiger partial charge in [-0.25, -0.2) is 0 Å². The van der Waals surface area contributed by atoms with E-state index in [1.165, 1.54) is 37.7 Å². The van der Waals surface area contributed by atoms with Crippen molar-refractivity contribution in [3.8, 4) is 0 Å². The van der Waals surface area contributed by atoms with Gasteiger partial charge in [0, 0.05) is 11.7 Å². The zero-order valence-electron chi connectivity index (χ0n) is 12.0. The molecule has 19 heavy (non-hydrogen) atoms. The van der Waals surface area contributed by atoms with Gasteiger partial charge in [-0.2, -0.15) is 0 Å². The highest BCUT2D eigenvalue weighted by molar-refractivity contribution is 5.93. The molecule has 1 aliphatic rings. The number of hydrogen-bond donors (Lipinski definition) is 2. The highest BCUT2D eigenvalue weighted by atomic mass is 16.1. The first-order chi connectivity index (χ1) is 9.15. The number of aryl methyl sites for hydroxylation is 2. The van der Waals surface area contributed by atoms with Crippen molar-refractivity contribution in [3.05, 3.63) is 29.3 Å². The van der Waals surface area contributed by atoms with Gasteiger partial charge in [0.05, 0.1) is 6.54 Å². The third-order valence-electron chi connectivity index (χ3n) is 3.82. The fourth-order valence-corrected chi connectivity index (χ4v) is 2.61. The molecule has 0 unspecified atom stereocenters. The van der Waals surface area contributed by atoms with E-state index in [-0.39, 0.29) is 5.91 Å². The van der Waals surface area contributed by atoms with Gasteiger partial charge in [-0.15, -0.1) is 0 Å². The van der Waals surface area contributed by atoms with Gasteiger partial charge >= 0.3 is 0 Å². The SMILES string of the molecule is Cc1ccc(C)c(NC(=O)CNC2CCCCC2)c1. The summed E-state index contributed by atoms with van der Waals surface area (Å²) in [4.78, 5) is 11.9. The van der Waals surface area contributed by atoms with Crippen molar-refractivity contribution >= 4 is 11.6 Å². The maximum absolute atomic E-state index is 11.9. The lowest BCUT2D eigenvalue weighted by Crippen LogP contribution is -2.37. The van der Waals surface area contributed by atoms with E-state index in [4.69, 9.17) is 0 Å². The summed E-state index contributed by atoms with van der Waals surface area (Å²) in [5.74, 6) is 0.0549. The molecule has 0 aliphatic heterocycles. The lowest BCUT2D eigenvalue weighted by atomic mass is 9.95. The van der Waals surface area contributed by atoms with Crippen LogP contribution in [0.1, 0.15) is 43.2 Å². The molecule has 0 heterocycles. The number of carbonyl (C=O) groups excluding carboxylic acids is 1. The van der Waals surface area contributed by atoms with Crippen LogP contribution >= 0.6 is 0 Å². The van der Waals surface area contributed by atoms with Gasteiger partial charge < -0.3 is 10.6 Å². The molecule has 2 rings (SSSR count). The van der Waals surface area contributed by atoms with Crippen LogP contribution in [-0.4, -0.2) is 18.5 Å². The van der Waals surface area contributed by atoms with Crippen molar-refractivity contribution < 1.29 is 4.79 Å². The lowest BCUT2D eigenvalue weighted by molar-refractivity contribution is -0.115. The Morgan fingerprint density at radius 1 is 1.21 bits per heavy atom. The van der Waals surface area contributed by atoms with Crippen molar-refractivity contribution in [3.63, 3.8) is 0 Å². The highest BCUT2D eigenvalue weighted by Crippen LogP contribution is 2.18. The summed E-state index contributed by atoms with van der Waals surface area (Å²) < 4.78 is 0. The number of nitrogens with one attached hydrogen (secondary N) is 2. The summed E-state index contributed by atoms with van der Waals surface area (Å²) in [5, 5.41) is 6.35. The van der Waals surface area contributed by atoms with E-state index in [1.807, 2.05) is 26.0 Å². The van der Waals surface area contributed by atoms with Crippen LogP contribution in [0.15, 0.2) is 18.2 Å². The zero-order chi connectivity index (χ0) is 13.7. The van der Waals surface area contributed by atoms with Crippen LogP contribution in [0, 0.1) is 13.8 Å². The summed E-state index contributed by atoms with van der Waals surface area (Å²) in [6, 6.07) is 6.65. The van der Waals surface area contributed by atoms with Gasteiger partial charge in [-0.1, -0.05) is 31.4 Å². The third kappa shape index (κ3) is 4.35. The minimum atomic E-state index is 0.0549. The van der Waals surface area contributed by atoms with E-state index in [0.717, 1.165) is 11.3 Å². The highest BCUT2D eigenvalue weighted by Gasteiger charge is 2.14. The van der Waals surface area contributed by atoms with Crippen LogP contribution in [-0.2, 0) is 4.79 Å². The monoisotopic (exact) mass is 260 g/mol. The van der Waals surface area contributed by atoms with Crippen LogP contribution in [0.4, 0.5) is 5.69 Å². The van der Waals surface area contributed by atoms with Crippen LogP contribution in [0.25, 0.3) is 0 Å². The Morgan fingerprint density at radius 3 is 2.68 bits per heavy atom. The van der Waals surface area contributed by atoms with Crippen molar-refractivity contribution in [2.75, 3.05) is 11.9 Å². The topological polar surface area (TPSA) is 41.1 Å². The van der Waals surface area contributed by atoms with E-state index in [1.54, 1.807) is 0 Å². The number of anilines is 1. The molecule has 3 heteroatoms. The lowest BCUT2D eigenvalue weighted by Gasteiger charge is -2.22. The summed E-state index contributed by atoms with van der Waals surface area (Å²) >= 11 is 0. The molecule has 1 saturated carbocycles. The molecule has 2 N–H and O–H groups in total. The molecule has 0 aromatic heterocycles. The Kier molecular flexibility index (Phi) is 4.97. The molecule has 0 spiro atoms. The molecule has 1 aromatic carbocycles. The largest absolute Gasteiger partial charge is 0.325 e. The molecule has 3 nitrogen and oxygen atoms in total. The summed E-state index contributed by atoms with van der Waals surface area (Å²) in [6.07, 6.45) is 6.33. The second-order valence-corrected chi connectivity index (χ2v) is 5.58. The summed E-state index contributed by atoms with van der Waals surface area (Å²) in [5.41, 5.74) is 3.20. The van der Waals surface area contributed by atoms with Crippen LogP contribution < -0.4 is 10.6 Å². The quantitative estimate of drug-likeness (QED) is 0.873. The Balaban J connectivity index is 1.81. The number of benzene rings is 1. The fraction of sp³-hybridized carbons (Fsp3) is 0.562. The van der Waals surface area contributed by atoms with Gasteiger partial charge in [-0.3, -0.25) is 4.79 Å². The molecule has 104 valence electrons. The van der Waals surface area contributed by atoms with E-state index in [2.05, 4.69) is 16.7 Å². The van der Waals surface area contributed by atoms with E-state index < -0.39 is 0 Å². The van der Waals surface area contributed by atoms with Gasteiger partial charge in [0.25, 0.3) is 0 Å². The molecule has 1 aliphatic carbocycles. The second kappa shape index (κ2) is 6.71. The van der Waals surface area contributed by atoms with Crippen molar-refractivity contribution in [2.24, 2.45) is 0 Å². The van der Waals surface area contributed by atoms with Gasteiger partial charge in [-0.05, 0) is 43.9 Å². The molecular formula is C16H24N2O.